The third-order valence-corrected chi connectivity index (χ3v) is 3.33. The summed E-state index contributed by atoms with van der Waals surface area (Å²) in [5.41, 5.74) is 0. The van der Waals surface area contributed by atoms with Gasteiger partial charge in [-0.2, -0.15) is 0 Å². The van der Waals surface area contributed by atoms with Crippen molar-refractivity contribution in [2.24, 2.45) is 0 Å². The Morgan fingerprint density at radius 3 is 1.58 bits per heavy atom. The summed E-state index contributed by atoms with van der Waals surface area (Å²) < 4.78 is 7.94. The molecule has 2 nitrogen and oxygen atoms in total. The lowest BCUT2D eigenvalue weighted by atomic mass is 10.3. The molecule has 74 valence electrons. The van der Waals surface area contributed by atoms with E-state index in [-0.39, 0.29) is 0 Å². The van der Waals surface area contributed by atoms with Crippen LogP contribution in [0.1, 0.15) is 41.5 Å². The van der Waals surface area contributed by atoms with Gasteiger partial charge in [0.15, 0.2) is 0 Å². The van der Waals surface area contributed by atoms with Crippen LogP contribution in [0.3, 0.4) is 0 Å². The van der Waals surface area contributed by atoms with Gasteiger partial charge in [0.25, 0.3) is 0 Å². The zero-order valence-electron chi connectivity index (χ0n) is 9.09. The first-order valence-corrected chi connectivity index (χ1v) is 5.50. The molecule has 0 heterocycles. The van der Waals surface area contributed by atoms with Crippen LogP contribution in [-0.2, 0) is 4.52 Å². The summed E-state index contributed by atoms with van der Waals surface area (Å²) >= 11 is 0. The molecule has 0 aliphatic rings. The molecular formula is C9H22NOP. The smallest absolute Gasteiger partial charge is 0.0897 e. The van der Waals surface area contributed by atoms with E-state index in [1.165, 1.54) is 0 Å². The van der Waals surface area contributed by atoms with E-state index in [4.69, 9.17) is 4.52 Å². The summed E-state index contributed by atoms with van der Waals surface area (Å²) in [6.07, 6.45) is 0.336. The average Bonchev–Trinajstić information content (AvgIpc) is 1.84. The molecule has 0 bridgehead atoms. The Kier molecular flexibility index (Phi) is 6.08. The van der Waals surface area contributed by atoms with Crippen molar-refractivity contribution in [1.82, 2.24) is 4.67 Å². The molecule has 1 atom stereocenters. The van der Waals surface area contributed by atoms with Crippen LogP contribution in [0.5, 0.6) is 0 Å². The van der Waals surface area contributed by atoms with Gasteiger partial charge in [0.1, 0.15) is 0 Å². The van der Waals surface area contributed by atoms with E-state index in [1.807, 2.05) is 0 Å². The van der Waals surface area contributed by atoms with Crippen LogP contribution >= 0.6 is 8.96 Å². The molecule has 0 radical (unpaired) electrons. The maximum absolute atomic E-state index is 5.58. The van der Waals surface area contributed by atoms with E-state index < -0.39 is 0 Å². The maximum atomic E-state index is 5.58. The van der Waals surface area contributed by atoms with E-state index in [0.717, 1.165) is 0 Å². The lowest BCUT2D eigenvalue weighted by Crippen LogP contribution is -2.30. The quantitative estimate of drug-likeness (QED) is 0.619. The lowest BCUT2D eigenvalue weighted by Gasteiger charge is -2.29. The summed E-state index contributed by atoms with van der Waals surface area (Å²) in [4.78, 5) is 0. The van der Waals surface area contributed by atoms with Gasteiger partial charge in [0, 0.05) is 12.1 Å². The maximum Gasteiger partial charge on any atom is 0.0897 e. The van der Waals surface area contributed by atoms with Gasteiger partial charge in [0.2, 0.25) is 0 Å². The summed E-state index contributed by atoms with van der Waals surface area (Å²) in [6.45, 7) is 13.0. The van der Waals surface area contributed by atoms with E-state index in [2.05, 4.69) is 46.2 Å². The zero-order chi connectivity index (χ0) is 9.72. The highest BCUT2D eigenvalue weighted by Gasteiger charge is 2.13. The minimum atomic E-state index is 0.336. The predicted octanol–water partition coefficient (Wildman–Crippen LogP) is 3.04. The summed E-state index contributed by atoms with van der Waals surface area (Å²) in [5.74, 6) is 0. The Labute approximate surface area is 78.6 Å². The molecule has 0 N–H and O–H groups in total. The second kappa shape index (κ2) is 5.90. The fraction of sp³-hybridized carbons (Fsp3) is 1.00. The Balaban J connectivity index is 3.80. The van der Waals surface area contributed by atoms with Gasteiger partial charge in [-0.25, -0.2) is 0 Å². The molecular weight excluding hydrogens is 169 g/mol. The molecule has 12 heavy (non-hydrogen) atoms. The molecule has 0 aromatic rings. The first-order valence-electron chi connectivity index (χ1n) is 4.64. The van der Waals surface area contributed by atoms with Gasteiger partial charge in [-0.1, -0.05) is 0 Å². The van der Waals surface area contributed by atoms with E-state index in [1.54, 1.807) is 0 Å². The van der Waals surface area contributed by atoms with Crippen molar-refractivity contribution in [3.05, 3.63) is 0 Å². The fourth-order valence-corrected chi connectivity index (χ4v) is 1.73. The second-order valence-electron chi connectivity index (χ2n) is 3.85. The molecule has 0 aromatic heterocycles. The largest absolute Gasteiger partial charge is 0.344 e. The summed E-state index contributed by atoms with van der Waals surface area (Å²) in [5, 5.41) is 0. The van der Waals surface area contributed by atoms with E-state index in [0.29, 0.717) is 27.1 Å². The first kappa shape index (κ1) is 12.3. The van der Waals surface area contributed by atoms with Crippen molar-refractivity contribution in [2.45, 2.75) is 59.7 Å². The molecule has 0 fully saturated rings. The van der Waals surface area contributed by atoms with Crippen LogP contribution in [0, 0.1) is 0 Å². The van der Waals surface area contributed by atoms with Crippen LogP contribution in [-0.4, -0.2) is 22.9 Å². The molecule has 0 aliphatic carbocycles. The molecule has 3 heteroatoms. The Bertz CT molecular complexity index is 107. The molecule has 0 aliphatic heterocycles. The topological polar surface area (TPSA) is 12.5 Å². The summed E-state index contributed by atoms with van der Waals surface area (Å²) in [6, 6.07) is 1.14. The van der Waals surface area contributed by atoms with Crippen molar-refractivity contribution in [3.63, 3.8) is 0 Å². The molecule has 1 unspecified atom stereocenters. The van der Waals surface area contributed by atoms with Crippen molar-refractivity contribution in [2.75, 3.05) is 0 Å². The number of rotatable bonds is 5. The monoisotopic (exact) mass is 191 g/mol. The second-order valence-corrected chi connectivity index (χ2v) is 4.79. The van der Waals surface area contributed by atoms with Crippen molar-refractivity contribution in [3.8, 4) is 0 Å². The third-order valence-electron chi connectivity index (χ3n) is 1.51. The first-order chi connectivity index (χ1) is 5.45. The number of hydrogen-bond acceptors (Lipinski definition) is 2. The Morgan fingerprint density at radius 1 is 0.917 bits per heavy atom. The van der Waals surface area contributed by atoms with E-state index >= 15 is 0 Å². The SMILES string of the molecule is CC(C)OPN(C(C)C)C(C)C. The van der Waals surface area contributed by atoms with Crippen LogP contribution in [0.2, 0.25) is 0 Å². The molecule has 0 amide bonds. The minimum Gasteiger partial charge on any atom is -0.344 e. The van der Waals surface area contributed by atoms with Gasteiger partial charge in [-0.05, 0) is 41.5 Å². The Hall–Kier alpha value is 0.350. The molecule has 0 spiro atoms. The third kappa shape index (κ3) is 5.08. The average molecular weight is 191 g/mol. The van der Waals surface area contributed by atoms with Gasteiger partial charge in [-0.15, -0.1) is 0 Å². The minimum absolute atomic E-state index is 0.336. The normalized spacial score (nSPS) is 13.5. The summed E-state index contributed by atoms with van der Waals surface area (Å²) in [7, 11) is 0.498. The highest BCUT2D eigenvalue weighted by atomic mass is 31.1. The zero-order valence-corrected chi connectivity index (χ0v) is 10.1. The highest BCUT2D eigenvalue weighted by molar-refractivity contribution is 7.29. The van der Waals surface area contributed by atoms with Gasteiger partial charge in [0.05, 0.1) is 15.1 Å². The molecule has 0 rings (SSSR count). The van der Waals surface area contributed by atoms with E-state index in [9.17, 15) is 0 Å². The molecule has 0 saturated heterocycles. The van der Waals surface area contributed by atoms with Gasteiger partial charge < -0.3 is 4.52 Å². The highest BCUT2D eigenvalue weighted by Crippen LogP contribution is 2.26. The lowest BCUT2D eigenvalue weighted by molar-refractivity contribution is 0.227. The van der Waals surface area contributed by atoms with Crippen LogP contribution in [0.4, 0.5) is 0 Å². The number of hydrogen-bond donors (Lipinski definition) is 0. The van der Waals surface area contributed by atoms with Crippen molar-refractivity contribution >= 4 is 8.96 Å². The Morgan fingerprint density at radius 2 is 1.33 bits per heavy atom. The van der Waals surface area contributed by atoms with Gasteiger partial charge >= 0.3 is 0 Å². The van der Waals surface area contributed by atoms with Crippen LogP contribution in [0.25, 0.3) is 0 Å². The standard InChI is InChI=1S/C9H22NOP/c1-7(2)10(8(3)4)12-11-9(5)6/h7-9,12H,1-6H3. The van der Waals surface area contributed by atoms with Crippen molar-refractivity contribution < 1.29 is 4.52 Å². The van der Waals surface area contributed by atoms with Crippen molar-refractivity contribution in [1.29, 1.82) is 0 Å². The van der Waals surface area contributed by atoms with Crippen LogP contribution < -0.4 is 0 Å². The molecule has 0 saturated carbocycles. The van der Waals surface area contributed by atoms with Gasteiger partial charge in [-0.3, -0.25) is 4.67 Å². The predicted molar refractivity (Wildman–Crippen MR) is 56.6 cm³/mol. The fourth-order valence-electron chi connectivity index (χ4n) is 0.973. The molecule has 0 aromatic carbocycles. The van der Waals surface area contributed by atoms with Crippen LogP contribution in [0.15, 0.2) is 0 Å². The number of nitrogens with zero attached hydrogens (tertiary/aromatic N) is 1.